The maximum atomic E-state index is 13.3. The normalized spacial score (nSPS) is 21.7. The van der Waals surface area contributed by atoms with E-state index in [0.29, 0.717) is 21.6 Å². The fourth-order valence-corrected chi connectivity index (χ4v) is 4.08. The Kier molecular flexibility index (Phi) is 4.78. The summed E-state index contributed by atoms with van der Waals surface area (Å²) in [6.45, 7) is 3.92. The van der Waals surface area contributed by atoms with Crippen molar-refractivity contribution in [2.24, 2.45) is 4.99 Å². The van der Waals surface area contributed by atoms with Crippen LogP contribution in [0, 0.1) is 13.8 Å². The van der Waals surface area contributed by atoms with E-state index >= 15 is 0 Å². The van der Waals surface area contributed by atoms with Crippen LogP contribution in [0.1, 0.15) is 17.0 Å². The number of aliphatic imine (C=N–C) groups is 1. The molecule has 3 amide bonds. The summed E-state index contributed by atoms with van der Waals surface area (Å²) in [5.41, 5.74) is 2.47. The van der Waals surface area contributed by atoms with Crippen molar-refractivity contribution in [3.8, 4) is 0 Å². The molecule has 1 aromatic carbocycles. The van der Waals surface area contributed by atoms with Crippen LogP contribution in [-0.2, 0) is 11.3 Å². The number of hydrogen-bond donors (Lipinski definition) is 0. The van der Waals surface area contributed by atoms with Crippen LogP contribution in [0.2, 0.25) is 10.0 Å². The first kappa shape index (κ1) is 19.7. The molecule has 0 radical (unpaired) electrons. The number of likely N-dealkylation sites (N-methyl/N-ethyl adjacent to an activating group) is 2. The first-order chi connectivity index (χ1) is 13.7. The average Bonchev–Trinajstić information content (AvgIpc) is 3.18. The fraction of sp³-hybridized carbons (Fsp3) is 0.368. The minimum absolute atomic E-state index is 0.102. The Morgan fingerprint density at radius 2 is 1.76 bits per heavy atom. The van der Waals surface area contributed by atoms with Gasteiger partial charge in [-0.05, 0) is 37.6 Å². The number of nitrogens with zero attached hydrogens (tertiary/aromatic N) is 6. The van der Waals surface area contributed by atoms with E-state index in [-0.39, 0.29) is 12.5 Å². The largest absolute Gasteiger partial charge is 0.328 e. The molecule has 29 heavy (non-hydrogen) atoms. The van der Waals surface area contributed by atoms with Crippen LogP contribution >= 0.6 is 23.2 Å². The summed E-state index contributed by atoms with van der Waals surface area (Å²) < 4.78 is 1.70. The fourth-order valence-electron chi connectivity index (χ4n) is 3.76. The summed E-state index contributed by atoms with van der Waals surface area (Å²) in [6.07, 6.45) is -0.607. The van der Waals surface area contributed by atoms with Crippen molar-refractivity contribution in [3.05, 3.63) is 51.3 Å². The molecule has 1 saturated heterocycles. The molecule has 2 aliphatic heterocycles. The average molecular weight is 435 g/mol. The summed E-state index contributed by atoms with van der Waals surface area (Å²) in [4.78, 5) is 35.3. The zero-order chi connectivity index (χ0) is 21.0. The zero-order valence-corrected chi connectivity index (χ0v) is 17.9. The lowest BCUT2D eigenvalue weighted by Gasteiger charge is -2.40. The molecule has 4 rings (SSSR count). The standard InChI is InChI=1S/C19H20Cl2N6O2/c1-10-7-11(2)27(23-10)18-22-16-15(24(18)3)17(28)26(19(29)25(16)4)9-12-5-6-13(20)14(21)8-12/h5-8,15-16H,9H2,1-4H3. The second kappa shape index (κ2) is 7.03. The minimum Gasteiger partial charge on any atom is -0.328 e. The Morgan fingerprint density at radius 3 is 2.38 bits per heavy atom. The third-order valence-electron chi connectivity index (χ3n) is 5.24. The number of carbonyl (C=O) groups excluding carboxylic acids is 2. The van der Waals surface area contributed by atoms with E-state index in [9.17, 15) is 9.59 Å². The SMILES string of the molecule is Cc1cc(C)n(C2=NC3C(C(=O)N(Cc4ccc(Cl)c(Cl)c4)C(=O)N3C)N2C)n1. The highest BCUT2D eigenvalue weighted by molar-refractivity contribution is 6.42. The molecule has 0 saturated carbocycles. The molecule has 10 heteroatoms. The predicted octanol–water partition coefficient (Wildman–Crippen LogP) is 2.75. The number of aryl methyl sites for hydroxylation is 2. The second-order valence-electron chi connectivity index (χ2n) is 7.30. The topological polar surface area (TPSA) is 74.0 Å². The monoisotopic (exact) mass is 434 g/mol. The molecular formula is C19H20Cl2N6O2. The second-order valence-corrected chi connectivity index (χ2v) is 8.12. The smallest absolute Gasteiger partial charge is 0.328 e. The summed E-state index contributed by atoms with van der Waals surface area (Å²) in [5, 5.41) is 5.26. The van der Waals surface area contributed by atoms with Crippen LogP contribution in [0.15, 0.2) is 29.3 Å². The molecular weight excluding hydrogens is 415 g/mol. The number of fused-ring (bicyclic) bond motifs is 1. The van der Waals surface area contributed by atoms with E-state index in [1.807, 2.05) is 19.9 Å². The Morgan fingerprint density at radius 1 is 1.03 bits per heavy atom. The summed E-state index contributed by atoms with van der Waals surface area (Å²) in [6, 6.07) is 5.96. The Balaban J connectivity index is 1.65. The Hall–Kier alpha value is -2.58. The van der Waals surface area contributed by atoms with Crippen molar-refractivity contribution in [1.29, 1.82) is 0 Å². The molecule has 2 unspecified atom stereocenters. The number of amides is 3. The summed E-state index contributed by atoms with van der Waals surface area (Å²) in [7, 11) is 3.44. The lowest BCUT2D eigenvalue weighted by Crippen LogP contribution is -2.64. The van der Waals surface area contributed by atoms with Crippen LogP contribution in [0.3, 0.4) is 0 Å². The van der Waals surface area contributed by atoms with Gasteiger partial charge in [-0.2, -0.15) is 5.10 Å². The molecule has 0 aliphatic carbocycles. The van der Waals surface area contributed by atoms with Crippen LogP contribution < -0.4 is 0 Å². The number of imide groups is 1. The highest BCUT2D eigenvalue weighted by atomic mass is 35.5. The van der Waals surface area contributed by atoms with E-state index in [0.717, 1.165) is 11.4 Å². The van der Waals surface area contributed by atoms with E-state index in [4.69, 9.17) is 23.2 Å². The van der Waals surface area contributed by atoms with E-state index in [1.54, 1.807) is 41.9 Å². The van der Waals surface area contributed by atoms with Crippen molar-refractivity contribution >= 4 is 41.1 Å². The van der Waals surface area contributed by atoms with E-state index in [1.165, 1.54) is 9.80 Å². The minimum atomic E-state index is -0.626. The van der Waals surface area contributed by atoms with Crippen molar-refractivity contribution in [3.63, 3.8) is 0 Å². The molecule has 0 bridgehead atoms. The van der Waals surface area contributed by atoms with Crippen LogP contribution in [-0.4, -0.2) is 68.7 Å². The molecule has 2 atom stereocenters. The third kappa shape index (κ3) is 3.16. The van der Waals surface area contributed by atoms with Gasteiger partial charge in [-0.25, -0.2) is 14.5 Å². The highest BCUT2D eigenvalue weighted by Gasteiger charge is 2.51. The molecule has 0 spiro atoms. The van der Waals surface area contributed by atoms with Gasteiger partial charge in [-0.15, -0.1) is 0 Å². The van der Waals surface area contributed by atoms with Crippen LogP contribution in [0.25, 0.3) is 0 Å². The lowest BCUT2D eigenvalue weighted by molar-refractivity contribution is -0.137. The van der Waals surface area contributed by atoms with Crippen molar-refractivity contribution < 1.29 is 9.59 Å². The predicted molar refractivity (Wildman–Crippen MR) is 110 cm³/mol. The molecule has 0 N–H and O–H groups in total. The summed E-state index contributed by atoms with van der Waals surface area (Å²) in [5.74, 6) is 0.224. The number of benzene rings is 1. The molecule has 152 valence electrons. The highest BCUT2D eigenvalue weighted by Crippen LogP contribution is 2.29. The quantitative estimate of drug-likeness (QED) is 0.727. The number of urea groups is 1. The van der Waals surface area contributed by atoms with Gasteiger partial charge in [0.25, 0.3) is 5.91 Å². The number of aromatic nitrogens is 2. The van der Waals surface area contributed by atoms with Gasteiger partial charge < -0.3 is 9.80 Å². The maximum absolute atomic E-state index is 13.3. The van der Waals surface area contributed by atoms with Gasteiger partial charge in [-0.3, -0.25) is 9.69 Å². The van der Waals surface area contributed by atoms with Crippen molar-refractivity contribution in [2.45, 2.75) is 32.6 Å². The molecule has 3 heterocycles. The maximum Gasteiger partial charge on any atom is 0.328 e. The first-order valence-electron chi connectivity index (χ1n) is 9.05. The van der Waals surface area contributed by atoms with E-state index in [2.05, 4.69) is 10.1 Å². The number of carbonyl (C=O) groups is 2. The molecule has 1 fully saturated rings. The molecule has 8 nitrogen and oxygen atoms in total. The van der Waals surface area contributed by atoms with Gasteiger partial charge in [0.1, 0.15) is 0 Å². The van der Waals surface area contributed by atoms with Gasteiger partial charge in [-0.1, -0.05) is 29.3 Å². The Bertz CT molecular complexity index is 1050. The number of rotatable bonds is 2. The molecule has 1 aromatic heterocycles. The van der Waals surface area contributed by atoms with Gasteiger partial charge in [0, 0.05) is 19.8 Å². The van der Waals surface area contributed by atoms with Gasteiger partial charge in [0.15, 0.2) is 12.2 Å². The van der Waals surface area contributed by atoms with Crippen LogP contribution in [0.4, 0.5) is 4.79 Å². The summed E-state index contributed by atoms with van der Waals surface area (Å²) >= 11 is 12.0. The Labute approximate surface area is 178 Å². The lowest BCUT2D eigenvalue weighted by atomic mass is 10.1. The van der Waals surface area contributed by atoms with Gasteiger partial charge in [0.2, 0.25) is 5.96 Å². The first-order valence-corrected chi connectivity index (χ1v) is 9.81. The zero-order valence-electron chi connectivity index (χ0n) is 16.4. The van der Waals surface area contributed by atoms with Gasteiger partial charge >= 0.3 is 6.03 Å². The van der Waals surface area contributed by atoms with Crippen molar-refractivity contribution in [2.75, 3.05) is 14.1 Å². The number of hydrogen-bond acceptors (Lipinski definition) is 5. The third-order valence-corrected chi connectivity index (χ3v) is 5.97. The van der Waals surface area contributed by atoms with E-state index < -0.39 is 18.2 Å². The van der Waals surface area contributed by atoms with Crippen LogP contribution in [0.5, 0.6) is 0 Å². The molecule has 2 aliphatic rings. The van der Waals surface area contributed by atoms with Gasteiger partial charge in [0.05, 0.1) is 22.3 Å². The molecule has 2 aromatic rings. The number of halogens is 2. The van der Waals surface area contributed by atoms with Crippen molar-refractivity contribution in [1.82, 2.24) is 24.5 Å².